The van der Waals surface area contributed by atoms with E-state index in [2.05, 4.69) is 15.3 Å². The van der Waals surface area contributed by atoms with Crippen molar-refractivity contribution in [3.05, 3.63) is 46.8 Å². The summed E-state index contributed by atoms with van der Waals surface area (Å²) in [7, 11) is 3.52. The zero-order valence-electron chi connectivity index (χ0n) is 28.5. The Labute approximate surface area is 299 Å². The number of aromatic nitrogens is 2. The largest absolute Gasteiger partial charge is 0.506 e. The number of phenols is 1. The minimum absolute atomic E-state index is 0.0194. The summed E-state index contributed by atoms with van der Waals surface area (Å²) in [6, 6.07) is 3.50. The van der Waals surface area contributed by atoms with Gasteiger partial charge in [0.15, 0.2) is 5.75 Å². The van der Waals surface area contributed by atoms with Crippen LogP contribution in [-0.4, -0.2) is 89.9 Å². The highest BCUT2D eigenvalue weighted by Gasteiger charge is 3.01. The fourth-order valence-corrected chi connectivity index (χ4v) is 10.7. The second-order valence-electron chi connectivity index (χ2n) is 15.3. The number of rotatable bonds is 8. The number of nitrogens with one attached hydrogen (secondary N) is 3. The highest BCUT2D eigenvalue weighted by Crippen LogP contribution is 3.01. The second kappa shape index (κ2) is 10.6. The number of ether oxygens (including phenoxy) is 1. The number of nitrogens with zero attached hydrogens (tertiary/aromatic N) is 3. The molecule has 3 amide bonds. The summed E-state index contributed by atoms with van der Waals surface area (Å²) in [5, 5.41) is 15.8. The third-order valence-corrected chi connectivity index (χ3v) is 13.5. The molecule has 262 valence electrons. The molecule has 0 bridgehead atoms. The number of H-pyrrole nitrogens is 2. The van der Waals surface area contributed by atoms with Gasteiger partial charge in [0, 0.05) is 97.5 Å². The van der Waals surface area contributed by atoms with Crippen LogP contribution >= 0.6 is 23.2 Å². The molecule has 11 nitrogen and oxygen atoms in total. The number of aromatic amines is 2. The number of phenolic OH excluding ortho intramolecular Hbond substituents is 1. The Kier molecular flexibility index (Phi) is 6.76. The summed E-state index contributed by atoms with van der Waals surface area (Å²) in [5.74, 6) is 1.06. The van der Waals surface area contributed by atoms with Crippen LogP contribution in [0.1, 0.15) is 53.4 Å². The Balaban J connectivity index is 1.02. The second-order valence-corrected chi connectivity index (χ2v) is 15.9. The molecule has 4 heterocycles. The van der Waals surface area contributed by atoms with Crippen LogP contribution in [0.25, 0.3) is 21.8 Å². The van der Waals surface area contributed by atoms with Crippen molar-refractivity contribution in [1.29, 1.82) is 0 Å². The topological polar surface area (TPSA) is 134 Å². The number of benzene rings is 2. The number of carbonyl (C=O) groups excluding carboxylic acids is 3. The molecule has 13 heteroatoms. The summed E-state index contributed by atoms with van der Waals surface area (Å²) < 4.78 is 5.95. The van der Waals surface area contributed by atoms with E-state index in [-0.39, 0.29) is 34.8 Å². The van der Waals surface area contributed by atoms with Gasteiger partial charge in [-0.25, -0.2) is 4.79 Å². The van der Waals surface area contributed by atoms with Crippen molar-refractivity contribution in [1.82, 2.24) is 20.2 Å². The molecule has 4 N–H and O–H groups in total. The number of hydrogen-bond donors (Lipinski definition) is 4. The quantitative estimate of drug-likeness (QED) is 0.170. The van der Waals surface area contributed by atoms with E-state index in [0.717, 1.165) is 44.4 Å². The number of aryl methyl sites for hydroxylation is 2. The normalized spacial score (nSPS) is 28.3. The Morgan fingerprint density at radius 3 is 2.00 bits per heavy atom. The molecular weight excluding hydrogens is 679 g/mol. The van der Waals surface area contributed by atoms with Crippen LogP contribution in [0.3, 0.4) is 0 Å². The first-order chi connectivity index (χ1) is 24.0. The average Bonchev–Trinajstić information content (AvgIpc) is 3.49. The van der Waals surface area contributed by atoms with Crippen LogP contribution in [0, 0.1) is 30.1 Å². The molecule has 1 spiro atoms. The van der Waals surface area contributed by atoms with Crippen LogP contribution in [0.2, 0.25) is 0 Å². The van der Waals surface area contributed by atoms with E-state index in [1.54, 1.807) is 19.2 Å². The molecule has 2 aliphatic heterocycles. The maximum atomic E-state index is 14.7. The lowest BCUT2D eigenvalue weighted by molar-refractivity contribution is -0.134. The first-order valence-corrected chi connectivity index (χ1v) is 18.4. The molecular formula is C37H40Cl2N6O5. The average molecular weight is 720 g/mol. The van der Waals surface area contributed by atoms with Crippen LogP contribution in [0.4, 0.5) is 16.2 Å². The fraction of sp³-hybridized carbons (Fsp3) is 0.486. The molecule has 2 aromatic heterocycles. The predicted octanol–water partition coefficient (Wildman–Crippen LogP) is 5.83. The van der Waals surface area contributed by atoms with E-state index in [1.165, 1.54) is 4.90 Å². The summed E-state index contributed by atoms with van der Waals surface area (Å²) in [5.41, 5.74) is 5.22. The Morgan fingerprint density at radius 1 is 0.920 bits per heavy atom. The van der Waals surface area contributed by atoms with Crippen LogP contribution in [0.15, 0.2) is 24.5 Å². The molecule has 2 aromatic carbocycles. The number of aromatic hydroxyl groups is 1. The van der Waals surface area contributed by atoms with Crippen LogP contribution < -0.4 is 19.9 Å². The Morgan fingerprint density at radius 2 is 1.46 bits per heavy atom. The summed E-state index contributed by atoms with van der Waals surface area (Å²) >= 11 is 13.1. The summed E-state index contributed by atoms with van der Waals surface area (Å²) in [4.78, 5) is 54.0. The molecule has 3 aliphatic carbocycles. The maximum Gasteiger partial charge on any atom is 0.415 e. The molecule has 0 saturated heterocycles. The minimum Gasteiger partial charge on any atom is -0.506 e. The van der Waals surface area contributed by atoms with E-state index in [1.807, 2.05) is 43.1 Å². The van der Waals surface area contributed by atoms with E-state index in [9.17, 15) is 19.5 Å². The maximum absolute atomic E-state index is 14.7. The predicted molar refractivity (Wildman–Crippen MR) is 193 cm³/mol. The lowest BCUT2D eigenvalue weighted by Crippen LogP contribution is -2.49. The lowest BCUT2D eigenvalue weighted by atomic mass is 9.72. The van der Waals surface area contributed by atoms with E-state index >= 15 is 0 Å². The van der Waals surface area contributed by atoms with Gasteiger partial charge in [0.1, 0.15) is 5.75 Å². The zero-order valence-corrected chi connectivity index (χ0v) is 30.0. The molecule has 4 aromatic rings. The van der Waals surface area contributed by atoms with Gasteiger partial charge in [-0.3, -0.25) is 9.59 Å². The van der Waals surface area contributed by atoms with Gasteiger partial charge in [-0.05, 0) is 62.4 Å². The Hall–Kier alpha value is -3.93. The third kappa shape index (κ3) is 3.83. The first kappa shape index (κ1) is 32.0. The molecule has 9 rings (SSSR count). The van der Waals surface area contributed by atoms with Gasteiger partial charge >= 0.3 is 6.09 Å². The number of fused-ring (bicyclic) bond motifs is 6. The summed E-state index contributed by atoms with van der Waals surface area (Å²) in [6.45, 7) is 5.97. The zero-order chi connectivity index (χ0) is 35.1. The van der Waals surface area contributed by atoms with Crippen LogP contribution in [-0.2, 0) is 9.59 Å². The van der Waals surface area contributed by atoms with E-state index in [4.69, 9.17) is 27.9 Å². The van der Waals surface area contributed by atoms with E-state index in [0.29, 0.717) is 74.0 Å². The van der Waals surface area contributed by atoms with Crippen molar-refractivity contribution in [3.8, 4) is 11.5 Å². The van der Waals surface area contributed by atoms with Gasteiger partial charge in [0.2, 0.25) is 11.8 Å². The highest BCUT2D eigenvalue weighted by atomic mass is 35.5. The highest BCUT2D eigenvalue weighted by molar-refractivity contribution is 6.20. The summed E-state index contributed by atoms with van der Waals surface area (Å²) in [6.07, 6.45) is 5.12. The Bertz CT molecular complexity index is 2180. The monoisotopic (exact) mass is 718 g/mol. The SMILES string of the molecule is CNCCN(C)C(=O)Oc1cc2c(c3c(C)c[nH]c13)C(CCl)CN2C(=O)C12CC3(C(=O)N4CC(CCl)c5c4cc(O)c4[nH]cc(C)c54)CC31C2. The number of amides is 3. The molecule has 0 radical (unpaired) electrons. The molecule has 3 saturated carbocycles. The van der Waals surface area contributed by atoms with Crippen LogP contribution in [0.5, 0.6) is 11.5 Å². The van der Waals surface area contributed by atoms with E-state index < -0.39 is 16.9 Å². The lowest BCUT2D eigenvalue weighted by Gasteiger charge is -2.37. The number of anilines is 2. The van der Waals surface area contributed by atoms with Crippen molar-refractivity contribution in [2.45, 2.75) is 44.9 Å². The number of alkyl halides is 2. The standard InChI is InChI=1S/C37H40Cl2N6O5/c1-18-11-41-30-24(46)7-22-28(26(18)30)20(9-38)13-44(22)32(47)35-15-36(17-37(35,36)16-35)33(48)45-14-21(10-39)29-23(45)8-25(31-27(29)19(2)12-42-31)50-34(49)43(4)6-5-40-3/h7-8,11-12,20-21,40-42,46H,5-6,9-10,13-17H2,1-4H3. The van der Waals surface area contributed by atoms with Crippen molar-refractivity contribution < 1.29 is 24.2 Å². The third-order valence-electron chi connectivity index (χ3n) is 12.8. The van der Waals surface area contributed by atoms with Gasteiger partial charge < -0.3 is 39.8 Å². The molecule has 3 fully saturated rings. The smallest absolute Gasteiger partial charge is 0.415 e. The van der Waals surface area contributed by atoms with Gasteiger partial charge in [-0.15, -0.1) is 23.2 Å². The van der Waals surface area contributed by atoms with Crippen molar-refractivity contribution in [2.75, 3.05) is 61.8 Å². The number of hydrogen-bond acceptors (Lipinski definition) is 6. The van der Waals surface area contributed by atoms with Crippen molar-refractivity contribution in [3.63, 3.8) is 0 Å². The fourth-order valence-electron chi connectivity index (χ4n) is 10.2. The van der Waals surface area contributed by atoms with Crippen molar-refractivity contribution >= 4 is 74.3 Å². The van der Waals surface area contributed by atoms with Gasteiger partial charge in [-0.2, -0.15) is 0 Å². The van der Waals surface area contributed by atoms with Gasteiger partial charge in [-0.1, -0.05) is 0 Å². The number of likely N-dealkylation sites (N-methyl/N-ethyl adjacent to an activating group) is 2. The molecule has 5 aliphatic rings. The number of carbonyl (C=O) groups is 3. The van der Waals surface area contributed by atoms with Gasteiger partial charge in [0.05, 0.1) is 33.2 Å². The number of halogens is 2. The first-order valence-electron chi connectivity index (χ1n) is 17.3. The molecule has 50 heavy (non-hydrogen) atoms. The van der Waals surface area contributed by atoms with Crippen molar-refractivity contribution in [2.24, 2.45) is 16.2 Å². The molecule has 5 atom stereocenters. The minimum atomic E-state index is -0.606. The molecule has 5 unspecified atom stereocenters. The van der Waals surface area contributed by atoms with Gasteiger partial charge in [0.25, 0.3) is 0 Å².